The highest BCUT2D eigenvalue weighted by molar-refractivity contribution is 5.80. The van der Waals surface area contributed by atoms with Gasteiger partial charge in [0.15, 0.2) is 0 Å². The zero-order valence-electron chi connectivity index (χ0n) is 11.7. The molecule has 0 saturated heterocycles. The highest BCUT2D eigenvalue weighted by Crippen LogP contribution is 2.15. The summed E-state index contributed by atoms with van der Waals surface area (Å²) in [5, 5.41) is 11.5. The Morgan fingerprint density at radius 2 is 1.89 bits per heavy atom. The Hall–Kier alpha value is -1.52. The molecule has 2 N–H and O–H groups in total. The second-order valence-electron chi connectivity index (χ2n) is 5.60. The zero-order chi connectivity index (χ0) is 14.5. The summed E-state index contributed by atoms with van der Waals surface area (Å²) in [4.78, 5) is 22.7. The molecule has 0 aromatic heterocycles. The van der Waals surface area contributed by atoms with Crippen LogP contribution in [0.2, 0.25) is 0 Å². The molecule has 0 heterocycles. The molecule has 18 heavy (non-hydrogen) atoms. The molecule has 5 heteroatoms. The van der Waals surface area contributed by atoms with Gasteiger partial charge in [0.05, 0.1) is 0 Å². The van der Waals surface area contributed by atoms with E-state index in [4.69, 9.17) is 9.84 Å². The third kappa shape index (κ3) is 6.93. The molecule has 0 aliphatic heterocycles. The monoisotopic (exact) mass is 257 g/mol. The van der Waals surface area contributed by atoms with Gasteiger partial charge in [0.25, 0.3) is 0 Å². The summed E-state index contributed by atoms with van der Waals surface area (Å²) in [6.07, 6.45) is -0.185. The van der Waals surface area contributed by atoms with Crippen LogP contribution >= 0.6 is 0 Å². The molecule has 0 aromatic carbocycles. The molecule has 5 nitrogen and oxygen atoms in total. The molecule has 0 fully saturated rings. The Bertz CT molecular complexity index is 330. The fourth-order valence-corrected chi connectivity index (χ4v) is 1.55. The minimum atomic E-state index is -1.07. The van der Waals surface area contributed by atoms with Crippen LogP contribution in [-0.4, -0.2) is 28.8 Å². The molecular formula is C13H23NO4. The molecule has 104 valence electrons. The normalized spacial score (nSPS) is 14.5. The summed E-state index contributed by atoms with van der Waals surface area (Å²) in [5.41, 5.74) is 0.227. The van der Waals surface area contributed by atoms with Crippen LogP contribution in [0.1, 0.15) is 41.0 Å². The lowest BCUT2D eigenvalue weighted by atomic mass is 9.95. The lowest BCUT2D eigenvalue weighted by Crippen LogP contribution is -2.47. The Morgan fingerprint density at radius 1 is 1.39 bits per heavy atom. The van der Waals surface area contributed by atoms with Crippen molar-refractivity contribution in [2.45, 2.75) is 52.7 Å². The van der Waals surface area contributed by atoms with E-state index in [1.165, 1.54) is 0 Å². The predicted molar refractivity (Wildman–Crippen MR) is 69.4 cm³/mol. The van der Waals surface area contributed by atoms with Crippen LogP contribution in [0.15, 0.2) is 12.2 Å². The Kier molecular flexibility index (Phi) is 5.88. The largest absolute Gasteiger partial charge is 0.480 e. The molecule has 0 aliphatic rings. The average molecular weight is 257 g/mol. The van der Waals surface area contributed by atoms with Crippen molar-refractivity contribution in [3.8, 4) is 0 Å². The quantitative estimate of drug-likeness (QED) is 0.742. The number of nitrogens with one attached hydrogen (secondary N) is 1. The van der Waals surface area contributed by atoms with Gasteiger partial charge in [-0.25, -0.2) is 9.59 Å². The number of ether oxygens (including phenoxy) is 1. The number of amides is 1. The molecule has 0 saturated carbocycles. The highest BCUT2D eigenvalue weighted by Gasteiger charge is 2.28. The summed E-state index contributed by atoms with van der Waals surface area (Å²) in [5.74, 6) is -1.32. The Labute approximate surface area is 108 Å². The van der Waals surface area contributed by atoms with E-state index >= 15 is 0 Å². The molecule has 0 bridgehead atoms. The molecule has 1 amide bonds. The molecule has 2 atom stereocenters. The lowest BCUT2D eigenvalue weighted by Gasteiger charge is -2.25. The second-order valence-corrected chi connectivity index (χ2v) is 5.60. The molecule has 0 radical (unpaired) electrons. The van der Waals surface area contributed by atoms with Gasteiger partial charge < -0.3 is 15.2 Å². The minimum Gasteiger partial charge on any atom is -0.480 e. The summed E-state index contributed by atoms with van der Waals surface area (Å²) in [6, 6.07) is -0.975. The maximum atomic E-state index is 11.5. The third-order valence-electron chi connectivity index (χ3n) is 2.18. The standard InChI is InChI=1S/C13H23NO4/c1-8(2)7-9(3)10(11(15)16)14-12(17)18-13(4,5)6/h9-10H,1,7H2,2-6H3,(H,14,17)(H,15,16)/t9-,10+/m1/s1. The van der Waals surface area contributed by atoms with Crippen molar-refractivity contribution in [2.75, 3.05) is 0 Å². The van der Waals surface area contributed by atoms with Gasteiger partial charge in [0.1, 0.15) is 11.6 Å². The Balaban J connectivity index is 4.59. The van der Waals surface area contributed by atoms with Crippen molar-refractivity contribution in [1.82, 2.24) is 5.32 Å². The number of aliphatic carboxylic acids is 1. The summed E-state index contributed by atoms with van der Waals surface area (Å²) < 4.78 is 5.04. The first-order valence-corrected chi connectivity index (χ1v) is 5.89. The first-order valence-electron chi connectivity index (χ1n) is 5.89. The van der Waals surface area contributed by atoms with Gasteiger partial charge >= 0.3 is 12.1 Å². The van der Waals surface area contributed by atoms with Gasteiger partial charge in [0.2, 0.25) is 0 Å². The van der Waals surface area contributed by atoms with Gasteiger partial charge in [-0.05, 0) is 40.0 Å². The van der Waals surface area contributed by atoms with Crippen LogP contribution in [0.4, 0.5) is 4.79 Å². The minimum absolute atomic E-state index is 0.243. The average Bonchev–Trinajstić information content (AvgIpc) is 2.09. The van der Waals surface area contributed by atoms with E-state index in [0.29, 0.717) is 6.42 Å². The van der Waals surface area contributed by atoms with Crippen molar-refractivity contribution in [3.63, 3.8) is 0 Å². The third-order valence-corrected chi connectivity index (χ3v) is 2.18. The fourth-order valence-electron chi connectivity index (χ4n) is 1.55. The smallest absolute Gasteiger partial charge is 0.408 e. The molecular weight excluding hydrogens is 234 g/mol. The van der Waals surface area contributed by atoms with E-state index in [1.807, 2.05) is 6.92 Å². The molecule has 0 rings (SSSR count). The predicted octanol–water partition coefficient (Wildman–Crippen LogP) is 2.57. The number of carboxylic acids is 1. The van der Waals surface area contributed by atoms with Crippen LogP contribution in [0.5, 0.6) is 0 Å². The van der Waals surface area contributed by atoms with E-state index in [2.05, 4.69) is 11.9 Å². The van der Waals surface area contributed by atoms with Crippen LogP contribution in [0.3, 0.4) is 0 Å². The highest BCUT2D eigenvalue weighted by atomic mass is 16.6. The molecule has 0 aromatic rings. The SMILES string of the molecule is C=C(C)C[C@@H](C)[C@H](NC(=O)OC(C)(C)C)C(=O)O. The summed E-state index contributed by atoms with van der Waals surface area (Å²) >= 11 is 0. The van der Waals surface area contributed by atoms with E-state index in [0.717, 1.165) is 5.57 Å². The Morgan fingerprint density at radius 3 is 2.22 bits per heavy atom. The van der Waals surface area contributed by atoms with Gasteiger partial charge in [-0.3, -0.25) is 0 Å². The van der Waals surface area contributed by atoms with Crippen molar-refractivity contribution in [1.29, 1.82) is 0 Å². The number of carboxylic acid groups (broad SMARTS) is 1. The van der Waals surface area contributed by atoms with Crippen LogP contribution in [0.25, 0.3) is 0 Å². The van der Waals surface area contributed by atoms with Gasteiger partial charge in [-0.2, -0.15) is 0 Å². The van der Waals surface area contributed by atoms with Crippen LogP contribution < -0.4 is 5.32 Å². The number of hydrogen-bond donors (Lipinski definition) is 2. The second kappa shape index (κ2) is 6.42. The number of rotatable bonds is 5. The summed E-state index contributed by atoms with van der Waals surface area (Å²) in [6.45, 7) is 12.5. The lowest BCUT2D eigenvalue weighted by molar-refractivity contribution is -0.140. The zero-order valence-corrected chi connectivity index (χ0v) is 11.7. The van der Waals surface area contributed by atoms with Crippen molar-refractivity contribution < 1.29 is 19.4 Å². The van der Waals surface area contributed by atoms with Gasteiger partial charge in [-0.15, -0.1) is 6.58 Å². The van der Waals surface area contributed by atoms with Gasteiger partial charge in [0, 0.05) is 0 Å². The first-order chi connectivity index (χ1) is 8.03. The molecule has 0 unspecified atom stereocenters. The number of allylic oxidation sites excluding steroid dienone is 1. The van der Waals surface area contributed by atoms with Crippen molar-refractivity contribution in [2.24, 2.45) is 5.92 Å². The van der Waals surface area contributed by atoms with Crippen molar-refractivity contribution in [3.05, 3.63) is 12.2 Å². The van der Waals surface area contributed by atoms with E-state index in [9.17, 15) is 9.59 Å². The fraction of sp³-hybridized carbons (Fsp3) is 0.692. The van der Waals surface area contributed by atoms with Crippen LogP contribution in [-0.2, 0) is 9.53 Å². The summed E-state index contributed by atoms with van der Waals surface area (Å²) in [7, 11) is 0. The van der Waals surface area contributed by atoms with Gasteiger partial charge in [-0.1, -0.05) is 12.5 Å². The van der Waals surface area contributed by atoms with E-state index in [-0.39, 0.29) is 5.92 Å². The number of carbonyl (C=O) groups excluding carboxylic acids is 1. The van der Waals surface area contributed by atoms with Crippen molar-refractivity contribution >= 4 is 12.1 Å². The molecule has 0 aliphatic carbocycles. The maximum absolute atomic E-state index is 11.5. The topological polar surface area (TPSA) is 75.6 Å². The van der Waals surface area contributed by atoms with Crippen LogP contribution in [0, 0.1) is 5.92 Å². The maximum Gasteiger partial charge on any atom is 0.408 e. The van der Waals surface area contributed by atoms with E-state index in [1.54, 1.807) is 27.7 Å². The number of hydrogen-bond acceptors (Lipinski definition) is 3. The number of alkyl carbamates (subject to hydrolysis) is 1. The molecule has 0 spiro atoms. The van der Waals surface area contributed by atoms with E-state index < -0.39 is 23.7 Å². The first kappa shape index (κ1) is 16.5. The number of carbonyl (C=O) groups is 2.